The van der Waals surface area contributed by atoms with Gasteiger partial charge in [-0.3, -0.25) is 0 Å². The van der Waals surface area contributed by atoms with Crippen LogP contribution in [-0.4, -0.2) is 29.5 Å². The summed E-state index contributed by atoms with van der Waals surface area (Å²) < 4.78 is 0. The first-order valence-corrected chi connectivity index (χ1v) is 5.79. The van der Waals surface area contributed by atoms with Crippen molar-refractivity contribution in [2.75, 3.05) is 18.9 Å². The zero-order valence-electron chi connectivity index (χ0n) is 10.3. The SMILES string of the molecule is CCN(C)C(=O)Nc1cccc(C)c1C(N)=S. The van der Waals surface area contributed by atoms with E-state index in [1.807, 2.05) is 26.0 Å². The van der Waals surface area contributed by atoms with Gasteiger partial charge in [-0.25, -0.2) is 4.79 Å². The summed E-state index contributed by atoms with van der Waals surface area (Å²) in [5.74, 6) is 0. The van der Waals surface area contributed by atoms with E-state index in [0.29, 0.717) is 12.2 Å². The minimum atomic E-state index is -0.171. The average Bonchev–Trinajstić information content (AvgIpc) is 2.27. The van der Waals surface area contributed by atoms with Gasteiger partial charge in [-0.15, -0.1) is 0 Å². The van der Waals surface area contributed by atoms with Crippen LogP contribution in [0, 0.1) is 6.92 Å². The number of nitrogens with two attached hydrogens (primary N) is 1. The normalized spacial score (nSPS) is 9.82. The maximum atomic E-state index is 11.8. The van der Waals surface area contributed by atoms with E-state index < -0.39 is 0 Å². The lowest BCUT2D eigenvalue weighted by molar-refractivity contribution is 0.224. The summed E-state index contributed by atoms with van der Waals surface area (Å²) in [4.78, 5) is 13.6. The van der Waals surface area contributed by atoms with E-state index in [1.54, 1.807) is 18.0 Å². The molecule has 0 saturated heterocycles. The Labute approximate surface area is 107 Å². The average molecular weight is 251 g/mol. The first-order chi connectivity index (χ1) is 7.97. The molecule has 1 rings (SSSR count). The zero-order chi connectivity index (χ0) is 13.0. The number of hydrogen-bond acceptors (Lipinski definition) is 2. The molecule has 0 aliphatic rings. The minimum Gasteiger partial charge on any atom is -0.389 e. The van der Waals surface area contributed by atoms with Crippen molar-refractivity contribution in [3.63, 3.8) is 0 Å². The number of rotatable bonds is 3. The molecule has 92 valence electrons. The number of benzene rings is 1. The van der Waals surface area contributed by atoms with Crippen LogP contribution >= 0.6 is 12.2 Å². The number of carbonyl (C=O) groups excluding carboxylic acids is 1. The number of urea groups is 1. The van der Waals surface area contributed by atoms with E-state index in [-0.39, 0.29) is 11.0 Å². The maximum Gasteiger partial charge on any atom is 0.321 e. The van der Waals surface area contributed by atoms with Crippen LogP contribution in [0.25, 0.3) is 0 Å². The molecule has 1 aromatic carbocycles. The van der Waals surface area contributed by atoms with Crippen molar-refractivity contribution < 1.29 is 4.79 Å². The Morgan fingerprint density at radius 1 is 1.53 bits per heavy atom. The lowest BCUT2D eigenvalue weighted by Crippen LogP contribution is -2.31. The summed E-state index contributed by atoms with van der Waals surface area (Å²) in [5.41, 5.74) is 8.00. The van der Waals surface area contributed by atoms with Crippen molar-refractivity contribution in [3.8, 4) is 0 Å². The van der Waals surface area contributed by atoms with Crippen LogP contribution in [0.15, 0.2) is 18.2 Å². The largest absolute Gasteiger partial charge is 0.389 e. The fraction of sp³-hybridized carbons (Fsp3) is 0.333. The van der Waals surface area contributed by atoms with Crippen molar-refractivity contribution in [1.82, 2.24) is 4.90 Å². The number of hydrogen-bond donors (Lipinski definition) is 2. The molecule has 0 fully saturated rings. The summed E-state index contributed by atoms with van der Waals surface area (Å²) in [6.07, 6.45) is 0. The van der Waals surface area contributed by atoms with Gasteiger partial charge in [-0.05, 0) is 25.5 Å². The number of nitrogens with zero attached hydrogens (tertiary/aromatic N) is 1. The molecule has 0 aliphatic carbocycles. The van der Waals surface area contributed by atoms with Gasteiger partial charge in [0.15, 0.2) is 0 Å². The molecule has 0 radical (unpaired) electrons. The van der Waals surface area contributed by atoms with Crippen molar-refractivity contribution in [2.45, 2.75) is 13.8 Å². The molecular weight excluding hydrogens is 234 g/mol. The number of thiocarbonyl (C=S) groups is 1. The van der Waals surface area contributed by atoms with Gasteiger partial charge in [-0.1, -0.05) is 24.4 Å². The lowest BCUT2D eigenvalue weighted by atomic mass is 10.1. The van der Waals surface area contributed by atoms with Crippen molar-refractivity contribution >= 4 is 28.9 Å². The van der Waals surface area contributed by atoms with Crippen molar-refractivity contribution in [1.29, 1.82) is 0 Å². The first-order valence-electron chi connectivity index (χ1n) is 5.39. The highest BCUT2D eigenvalue weighted by Gasteiger charge is 2.12. The Morgan fingerprint density at radius 2 is 2.18 bits per heavy atom. The van der Waals surface area contributed by atoms with Crippen LogP contribution in [0.1, 0.15) is 18.1 Å². The summed E-state index contributed by atoms with van der Waals surface area (Å²) in [6.45, 7) is 4.46. The highest BCUT2D eigenvalue weighted by atomic mass is 32.1. The smallest absolute Gasteiger partial charge is 0.321 e. The Hall–Kier alpha value is -1.62. The van der Waals surface area contributed by atoms with Crippen LogP contribution in [0.2, 0.25) is 0 Å². The van der Waals surface area contributed by atoms with Crippen LogP contribution < -0.4 is 11.1 Å². The van der Waals surface area contributed by atoms with Crippen molar-refractivity contribution in [3.05, 3.63) is 29.3 Å². The third kappa shape index (κ3) is 3.17. The third-order valence-electron chi connectivity index (χ3n) is 2.58. The molecule has 0 unspecified atom stereocenters. The highest BCUT2D eigenvalue weighted by molar-refractivity contribution is 7.80. The molecule has 0 aliphatic heterocycles. The van der Waals surface area contributed by atoms with Gasteiger partial charge in [0, 0.05) is 19.2 Å². The predicted octanol–water partition coefficient (Wildman–Crippen LogP) is 2.11. The summed E-state index contributed by atoms with van der Waals surface area (Å²) in [7, 11) is 1.73. The molecule has 0 bridgehead atoms. The van der Waals surface area contributed by atoms with Gasteiger partial charge in [0.25, 0.3) is 0 Å². The van der Waals surface area contributed by atoms with Gasteiger partial charge < -0.3 is 16.0 Å². The van der Waals surface area contributed by atoms with Gasteiger partial charge in [0.2, 0.25) is 0 Å². The summed E-state index contributed by atoms with van der Waals surface area (Å²) in [6, 6.07) is 5.39. The van der Waals surface area contributed by atoms with Gasteiger partial charge in [0.05, 0.1) is 5.69 Å². The quantitative estimate of drug-likeness (QED) is 0.809. The Kier molecular flexibility index (Phi) is 4.45. The monoisotopic (exact) mass is 251 g/mol. The van der Waals surface area contributed by atoms with E-state index in [4.69, 9.17) is 18.0 Å². The van der Waals surface area contributed by atoms with Gasteiger partial charge in [0.1, 0.15) is 4.99 Å². The Balaban J connectivity index is 3.03. The molecule has 0 atom stereocenters. The first kappa shape index (κ1) is 13.4. The van der Waals surface area contributed by atoms with Crippen LogP contribution in [0.3, 0.4) is 0 Å². The molecule has 0 spiro atoms. The second-order valence-corrected chi connectivity index (χ2v) is 4.25. The van der Waals surface area contributed by atoms with E-state index in [9.17, 15) is 4.79 Å². The lowest BCUT2D eigenvalue weighted by Gasteiger charge is -2.18. The number of anilines is 1. The second-order valence-electron chi connectivity index (χ2n) is 3.81. The number of carbonyl (C=O) groups is 1. The molecular formula is C12H17N3OS. The van der Waals surface area contributed by atoms with Gasteiger partial charge in [-0.2, -0.15) is 0 Å². The van der Waals surface area contributed by atoms with Crippen LogP contribution in [0.4, 0.5) is 10.5 Å². The van der Waals surface area contributed by atoms with Gasteiger partial charge >= 0.3 is 6.03 Å². The van der Waals surface area contributed by atoms with E-state index >= 15 is 0 Å². The van der Waals surface area contributed by atoms with E-state index in [0.717, 1.165) is 11.1 Å². The molecule has 3 N–H and O–H groups in total. The molecule has 5 heteroatoms. The predicted molar refractivity (Wildman–Crippen MR) is 74.4 cm³/mol. The number of nitrogens with one attached hydrogen (secondary N) is 1. The fourth-order valence-corrected chi connectivity index (χ4v) is 1.72. The van der Waals surface area contributed by atoms with Crippen LogP contribution in [0.5, 0.6) is 0 Å². The molecule has 0 saturated carbocycles. The number of amides is 2. The van der Waals surface area contributed by atoms with E-state index in [1.165, 1.54) is 0 Å². The van der Waals surface area contributed by atoms with Crippen molar-refractivity contribution in [2.24, 2.45) is 5.73 Å². The van der Waals surface area contributed by atoms with Crippen LogP contribution in [-0.2, 0) is 0 Å². The fourth-order valence-electron chi connectivity index (χ4n) is 1.45. The maximum absolute atomic E-state index is 11.8. The Bertz CT molecular complexity index is 445. The molecule has 2 amide bonds. The minimum absolute atomic E-state index is 0.171. The molecule has 4 nitrogen and oxygen atoms in total. The standard InChI is InChI=1S/C12H17N3OS/c1-4-15(3)12(16)14-9-7-5-6-8(2)10(9)11(13)17/h5-7H,4H2,1-3H3,(H2,13,17)(H,14,16). The zero-order valence-corrected chi connectivity index (χ0v) is 11.1. The molecule has 0 heterocycles. The second kappa shape index (κ2) is 5.63. The number of aryl methyl sites for hydroxylation is 1. The molecule has 0 aromatic heterocycles. The molecule has 17 heavy (non-hydrogen) atoms. The van der Waals surface area contributed by atoms with E-state index in [2.05, 4.69) is 5.32 Å². The molecule has 1 aromatic rings. The highest BCUT2D eigenvalue weighted by Crippen LogP contribution is 2.19. The summed E-state index contributed by atoms with van der Waals surface area (Å²) >= 11 is 5.00. The topological polar surface area (TPSA) is 58.4 Å². The Morgan fingerprint density at radius 3 is 2.71 bits per heavy atom. The summed E-state index contributed by atoms with van der Waals surface area (Å²) in [5, 5.41) is 2.80. The third-order valence-corrected chi connectivity index (χ3v) is 2.79.